The number of rotatable bonds is 2. The minimum atomic E-state index is 0.791. The van der Waals surface area contributed by atoms with Gasteiger partial charge in [0.05, 0.1) is 9.88 Å². The van der Waals surface area contributed by atoms with Crippen LogP contribution < -0.4 is 4.90 Å². The van der Waals surface area contributed by atoms with E-state index in [1.54, 1.807) is 11.3 Å². The van der Waals surface area contributed by atoms with Crippen molar-refractivity contribution in [3.63, 3.8) is 0 Å². The third kappa shape index (κ3) is 1.44. The number of nitrogens with zero attached hydrogens (tertiary/aromatic N) is 1. The fraction of sp³-hybridized carbons (Fsp3) is 0.154. The summed E-state index contributed by atoms with van der Waals surface area (Å²) >= 11 is 1.55. The van der Waals surface area contributed by atoms with Gasteiger partial charge in [-0.2, -0.15) is 0 Å². The van der Waals surface area contributed by atoms with E-state index in [0.29, 0.717) is 0 Å². The van der Waals surface area contributed by atoms with Crippen molar-refractivity contribution < 1.29 is 4.79 Å². The van der Waals surface area contributed by atoms with Gasteiger partial charge in [-0.25, -0.2) is 0 Å². The van der Waals surface area contributed by atoms with Crippen LogP contribution in [-0.4, -0.2) is 12.8 Å². The van der Waals surface area contributed by atoms with Crippen LogP contribution in [0.5, 0.6) is 0 Å². The second kappa shape index (κ2) is 3.76. The summed E-state index contributed by atoms with van der Waals surface area (Å²) in [6, 6.07) is 12.4. The van der Waals surface area contributed by atoms with E-state index in [2.05, 4.69) is 29.2 Å². The van der Waals surface area contributed by atoms with Crippen molar-refractivity contribution >= 4 is 28.3 Å². The molecule has 0 saturated heterocycles. The second-order valence-electron chi connectivity index (χ2n) is 3.82. The molecule has 1 aromatic carbocycles. The van der Waals surface area contributed by atoms with Crippen LogP contribution in [0.3, 0.4) is 0 Å². The maximum Gasteiger partial charge on any atom is 0.160 e. The summed E-state index contributed by atoms with van der Waals surface area (Å²) < 4.78 is 0. The topological polar surface area (TPSA) is 20.3 Å². The molecule has 1 aromatic heterocycles. The number of hydrogen-bond donors (Lipinski definition) is 0. The van der Waals surface area contributed by atoms with Crippen LogP contribution >= 0.6 is 11.3 Å². The number of fused-ring (bicyclic) bond motifs is 1. The van der Waals surface area contributed by atoms with Crippen LogP contribution in [-0.2, 0) is 6.42 Å². The van der Waals surface area contributed by atoms with Crippen LogP contribution in [0.25, 0.3) is 0 Å². The van der Waals surface area contributed by atoms with Gasteiger partial charge in [-0.15, -0.1) is 11.3 Å². The van der Waals surface area contributed by atoms with Crippen LogP contribution in [0.2, 0.25) is 0 Å². The molecule has 0 unspecified atom stereocenters. The van der Waals surface area contributed by atoms with Crippen molar-refractivity contribution in [3.05, 3.63) is 46.8 Å². The monoisotopic (exact) mass is 229 g/mol. The lowest BCUT2D eigenvalue weighted by Gasteiger charge is -2.16. The van der Waals surface area contributed by atoms with E-state index in [1.165, 1.54) is 11.3 Å². The number of para-hydroxylation sites is 1. The first-order valence-electron chi connectivity index (χ1n) is 5.29. The lowest BCUT2D eigenvalue weighted by molar-refractivity contribution is 0.112. The molecule has 1 aliphatic rings. The summed E-state index contributed by atoms with van der Waals surface area (Å²) in [5, 5.41) is 1.16. The number of anilines is 2. The molecule has 0 radical (unpaired) electrons. The van der Waals surface area contributed by atoms with Crippen molar-refractivity contribution in [2.24, 2.45) is 0 Å². The molecule has 2 aromatic rings. The van der Waals surface area contributed by atoms with Gasteiger partial charge in [0, 0.05) is 12.2 Å². The molecule has 0 amide bonds. The van der Waals surface area contributed by atoms with Crippen molar-refractivity contribution in [3.8, 4) is 0 Å². The van der Waals surface area contributed by atoms with E-state index in [1.807, 2.05) is 12.1 Å². The lowest BCUT2D eigenvalue weighted by Crippen LogP contribution is -2.11. The Labute approximate surface area is 98.1 Å². The Balaban J connectivity index is 2.01. The number of benzene rings is 1. The van der Waals surface area contributed by atoms with E-state index in [-0.39, 0.29) is 0 Å². The highest BCUT2D eigenvalue weighted by molar-refractivity contribution is 7.17. The minimum absolute atomic E-state index is 0.791. The first kappa shape index (κ1) is 9.60. The highest BCUT2D eigenvalue weighted by atomic mass is 32.1. The molecule has 0 spiro atoms. The van der Waals surface area contributed by atoms with Crippen molar-refractivity contribution in [1.82, 2.24) is 0 Å². The quantitative estimate of drug-likeness (QED) is 0.737. The summed E-state index contributed by atoms with van der Waals surface area (Å²) in [5.41, 5.74) is 2.67. The van der Waals surface area contributed by atoms with E-state index in [0.717, 1.165) is 29.1 Å². The van der Waals surface area contributed by atoms with E-state index in [9.17, 15) is 4.79 Å². The van der Waals surface area contributed by atoms with Gasteiger partial charge in [0.25, 0.3) is 0 Å². The first-order valence-corrected chi connectivity index (χ1v) is 6.10. The predicted octanol–water partition coefficient (Wildman–Crippen LogP) is 3.25. The summed E-state index contributed by atoms with van der Waals surface area (Å²) in [6.07, 6.45) is 2.00. The van der Waals surface area contributed by atoms with Crippen molar-refractivity contribution in [1.29, 1.82) is 0 Å². The average molecular weight is 229 g/mol. The molecule has 80 valence electrons. The Morgan fingerprint density at radius 3 is 2.88 bits per heavy atom. The molecule has 3 heteroatoms. The molecule has 3 rings (SSSR count). The third-order valence-electron chi connectivity index (χ3n) is 2.88. The highest BCUT2D eigenvalue weighted by Crippen LogP contribution is 2.37. The van der Waals surface area contributed by atoms with Crippen LogP contribution in [0.4, 0.5) is 10.7 Å². The largest absolute Gasteiger partial charge is 0.333 e. The summed E-state index contributed by atoms with van der Waals surface area (Å²) in [7, 11) is 0. The van der Waals surface area contributed by atoms with Gasteiger partial charge in [-0.05, 0) is 30.2 Å². The maximum atomic E-state index is 10.7. The molecule has 0 aliphatic carbocycles. The van der Waals surface area contributed by atoms with E-state index < -0.39 is 0 Å². The first-order chi connectivity index (χ1) is 7.88. The Morgan fingerprint density at radius 1 is 1.19 bits per heavy atom. The van der Waals surface area contributed by atoms with Crippen molar-refractivity contribution in [2.75, 3.05) is 11.4 Å². The van der Waals surface area contributed by atoms with Crippen LogP contribution in [0.15, 0.2) is 36.4 Å². The fourth-order valence-electron chi connectivity index (χ4n) is 2.12. The average Bonchev–Trinajstić information content (AvgIpc) is 2.94. The molecule has 0 saturated carbocycles. The Hall–Kier alpha value is -1.61. The second-order valence-corrected chi connectivity index (χ2v) is 4.92. The summed E-state index contributed by atoms with van der Waals surface area (Å²) in [5.74, 6) is 0. The molecular weight excluding hydrogens is 218 g/mol. The number of thiophene rings is 1. The number of carbonyl (C=O) groups excluding carboxylic acids is 1. The molecule has 1 aliphatic heterocycles. The molecule has 2 heterocycles. The summed E-state index contributed by atoms with van der Waals surface area (Å²) in [4.78, 5) is 13.7. The van der Waals surface area contributed by atoms with E-state index >= 15 is 0 Å². The number of carbonyl (C=O) groups is 1. The van der Waals surface area contributed by atoms with Crippen LogP contribution in [0.1, 0.15) is 15.2 Å². The zero-order valence-corrected chi connectivity index (χ0v) is 9.54. The zero-order valence-electron chi connectivity index (χ0n) is 8.72. The van der Waals surface area contributed by atoms with Gasteiger partial charge in [-0.3, -0.25) is 4.79 Å². The number of hydrogen-bond acceptors (Lipinski definition) is 3. The Bertz CT molecular complexity index is 532. The van der Waals surface area contributed by atoms with Gasteiger partial charge < -0.3 is 4.90 Å². The molecular formula is C13H11NOS. The van der Waals surface area contributed by atoms with Gasteiger partial charge >= 0.3 is 0 Å². The highest BCUT2D eigenvalue weighted by Gasteiger charge is 2.20. The van der Waals surface area contributed by atoms with Gasteiger partial charge in [0.2, 0.25) is 0 Å². The molecule has 2 nitrogen and oxygen atoms in total. The van der Waals surface area contributed by atoms with Gasteiger partial charge in [0.1, 0.15) is 0 Å². The lowest BCUT2D eigenvalue weighted by atomic mass is 10.2. The van der Waals surface area contributed by atoms with Gasteiger partial charge in [0.15, 0.2) is 6.29 Å². The normalized spacial score (nSPS) is 13.9. The maximum absolute atomic E-state index is 10.7. The molecule has 0 fully saturated rings. The van der Waals surface area contributed by atoms with Crippen LogP contribution in [0, 0.1) is 0 Å². The predicted molar refractivity (Wildman–Crippen MR) is 66.9 cm³/mol. The van der Waals surface area contributed by atoms with Gasteiger partial charge in [-0.1, -0.05) is 18.2 Å². The number of aldehydes is 1. The molecule has 16 heavy (non-hydrogen) atoms. The van der Waals surface area contributed by atoms with Crippen molar-refractivity contribution in [2.45, 2.75) is 6.42 Å². The van der Waals surface area contributed by atoms with E-state index in [4.69, 9.17) is 0 Å². The zero-order chi connectivity index (χ0) is 11.0. The Kier molecular flexibility index (Phi) is 2.26. The third-order valence-corrected chi connectivity index (χ3v) is 3.92. The SMILES string of the molecule is O=Cc1ccc(N2CCc3ccccc32)s1. The standard InChI is InChI=1S/C13H11NOS/c15-9-11-5-6-13(16-11)14-8-7-10-3-1-2-4-12(10)14/h1-6,9H,7-8H2. The molecule has 0 bridgehead atoms. The summed E-state index contributed by atoms with van der Waals surface area (Å²) in [6.45, 7) is 1.01. The smallest absolute Gasteiger partial charge is 0.160 e. The molecule has 0 N–H and O–H groups in total. The minimum Gasteiger partial charge on any atom is -0.333 e. The molecule has 0 atom stereocenters. The Morgan fingerprint density at radius 2 is 2.06 bits per heavy atom. The fourth-order valence-corrected chi connectivity index (χ4v) is 2.98.